The number of allylic oxidation sites excluding steroid dienone is 1. The molecule has 1 amide bonds. The van der Waals surface area contributed by atoms with Gasteiger partial charge in [0.05, 0.1) is 33.7 Å². The third kappa shape index (κ3) is 18.0. The van der Waals surface area contributed by atoms with Gasteiger partial charge in [-0.3, -0.25) is 4.79 Å². The molecule has 0 bridgehead atoms. The standard InChI is InChI=1S/C20H40N2O.BrH/c1-5-7-9-10-11-12-13-14-16-20(23)21-17-19-22(3,4)18-15-8-6-2;/h5H,1,6-19H2,2-4H3;1H/p+1. The summed E-state index contributed by atoms with van der Waals surface area (Å²) in [6.45, 7) is 9.01. The van der Waals surface area contributed by atoms with Crippen LogP contribution in [0.3, 0.4) is 0 Å². The highest BCUT2D eigenvalue weighted by atomic mass is 79.9. The third-order valence-corrected chi connectivity index (χ3v) is 4.47. The Labute approximate surface area is 161 Å². The van der Waals surface area contributed by atoms with Gasteiger partial charge >= 0.3 is 0 Å². The van der Waals surface area contributed by atoms with Gasteiger partial charge in [0.2, 0.25) is 5.91 Å². The summed E-state index contributed by atoms with van der Waals surface area (Å²) >= 11 is 0. The molecule has 0 aliphatic heterocycles. The van der Waals surface area contributed by atoms with E-state index in [1.165, 1.54) is 57.9 Å². The minimum Gasteiger partial charge on any atom is -0.350 e. The van der Waals surface area contributed by atoms with E-state index >= 15 is 0 Å². The van der Waals surface area contributed by atoms with Crippen LogP contribution >= 0.6 is 17.0 Å². The molecule has 0 unspecified atom stereocenters. The number of hydrogen-bond acceptors (Lipinski definition) is 1. The first-order valence-electron chi connectivity index (χ1n) is 9.71. The van der Waals surface area contributed by atoms with Gasteiger partial charge in [0.1, 0.15) is 0 Å². The summed E-state index contributed by atoms with van der Waals surface area (Å²) in [5.41, 5.74) is 0. The Kier molecular flexibility index (Phi) is 18.8. The van der Waals surface area contributed by atoms with Crippen molar-refractivity contribution in [3.8, 4) is 0 Å². The number of nitrogens with zero attached hydrogens (tertiary/aromatic N) is 1. The van der Waals surface area contributed by atoms with Crippen molar-refractivity contribution >= 4 is 22.9 Å². The van der Waals surface area contributed by atoms with Gasteiger partial charge in [-0.25, -0.2) is 0 Å². The number of quaternary nitrogens is 1. The zero-order valence-electron chi connectivity index (χ0n) is 16.4. The number of nitrogens with one attached hydrogen (secondary N) is 1. The quantitative estimate of drug-likeness (QED) is 0.212. The highest BCUT2D eigenvalue weighted by molar-refractivity contribution is 8.93. The van der Waals surface area contributed by atoms with E-state index < -0.39 is 0 Å². The van der Waals surface area contributed by atoms with Gasteiger partial charge < -0.3 is 9.80 Å². The Balaban J connectivity index is 0. The monoisotopic (exact) mass is 405 g/mol. The zero-order valence-corrected chi connectivity index (χ0v) is 18.2. The van der Waals surface area contributed by atoms with Crippen LogP contribution in [-0.2, 0) is 4.79 Å². The van der Waals surface area contributed by atoms with Crippen molar-refractivity contribution in [1.29, 1.82) is 0 Å². The van der Waals surface area contributed by atoms with E-state index in [2.05, 4.69) is 32.9 Å². The summed E-state index contributed by atoms with van der Waals surface area (Å²) in [5.74, 6) is 0.227. The summed E-state index contributed by atoms with van der Waals surface area (Å²) in [5, 5.41) is 3.08. The predicted molar refractivity (Wildman–Crippen MR) is 112 cm³/mol. The zero-order chi connectivity index (χ0) is 17.4. The van der Waals surface area contributed by atoms with Crippen LogP contribution in [0.25, 0.3) is 0 Å². The first-order valence-corrected chi connectivity index (χ1v) is 9.71. The maximum Gasteiger partial charge on any atom is 0.220 e. The molecule has 0 saturated carbocycles. The molecule has 0 aromatic carbocycles. The molecule has 0 spiro atoms. The molecule has 3 nitrogen and oxygen atoms in total. The van der Waals surface area contributed by atoms with Gasteiger partial charge in [-0.1, -0.05) is 45.1 Å². The topological polar surface area (TPSA) is 29.1 Å². The van der Waals surface area contributed by atoms with Gasteiger partial charge in [-0.15, -0.1) is 23.6 Å². The van der Waals surface area contributed by atoms with E-state index in [9.17, 15) is 4.79 Å². The second kappa shape index (κ2) is 17.5. The molecule has 0 aliphatic carbocycles. The SMILES string of the molecule is Br.C=CCCCCCCCCC(=O)NCC[N+](C)(C)CCCCC. The lowest BCUT2D eigenvalue weighted by Crippen LogP contribution is -2.45. The second-order valence-corrected chi connectivity index (χ2v) is 7.39. The average Bonchev–Trinajstić information content (AvgIpc) is 2.50. The molecular weight excluding hydrogens is 364 g/mol. The summed E-state index contributed by atoms with van der Waals surface area (Å²) < 4.78 is 1.00. The summed E-state index contributed by atoms with van der Waals surface area (Å²) in [6, 6.07) is 0. The Morgan fingerprint density at radius 2 is 1.58 bits per heavy atom. The summed E-state index contributed by atoms with van der Waals surface area (Å²) in [4.78, 5) is 11.8. The fourth-order valence-electron chi connectivity index (χ4n) is 2.77. The second-order valence-electron chi connectivity index (χ2n) is 7.39. The highest BCUT2D eigenvalue weighted by Crippen LogP contribution is 2.08. The lowest BCUT2D eigenvalue weighted by atomic mass is 10.1. The maximum absolute atomic E-state index is 11.8. The van der Waals surface area contributed by atoms with Crippen LogP contribution in [0.15, 0.2) is 12.7 Å². The van der Waals surface area contributed by atoms with E-state index in [-0.39, 0.29) is 22.9 Å². The van der Waals surface area contributed by atoms with E-state index in [4.69, 9.17) is 0 Å². The van der Waals surface area contributed by atoms with E-state index in [1.54, 1.807) is 0 Å². The highest BCUT2D eigenvalue weighted by Gasteiger charge is 2.14. The lowest BCUT2D eigenvalue weighted by molar-refractivity contribution is -0.889. The molecular formula is C20H42BrN2O+. The molecule has 0 rings (SSSR count). The molecule has 144 valence electrons. The minimum atomic E-state index is 0. The Bertz CT molecular complexity index is 306. The summed E-state index contributed by atoms with van der Waals surface area (Å²) in [7, 11) is 4.52. The number of carbonyl (C=O) groups excluding carboxylic acids is 1. The van der Waals surface area contributed by atoms with Crippen molar-refractivity contribution in [3.63, 3.8) is 0 Å². The molecule has 0 heterocycles. The van der Waals surface area contributed by atoms with Crippen LogP contribution in [0.5, 0.6) is 0 Å². The lowest BCUT2D eigenvalue weighted by Gasteiger charge is -2.29. The molecule has 0 fully saturated rings. The first-order chi connectivity index (χ1) is 11.0. The van der Waals surface area contributed by atoms with Crippen LogP contribution in [0.2, 0.25) is 0 Å². The molecule has 0 saturated heterocycles. The van der Waals surface area contributed by atoms with Gasteiger partial charge in [-0.05, 0) is 32.1 Å². The number of unbranched alkanes of at least 4 members (excludes halogenated alkanes) is 8. The minimum absolute atomic E-state index is 0. The van der Waals surface area contributed by atoms with Crippen LogP contribution in [0.4, 0.5) is 0 Å². The third-order valence-electron chi connectivity index (χ3n) is 4.47. The molecule has 0 atom stereocenters. The van der Waals surface area contributed by atoms with E-state index in [0.717, 1.165) is 30.4 Å². The van der Waals surface area contributed by atoms with Gasteiger partial charge in [0, 0.05) is 6.42 Å². The maximum atomic E-state index is 11.8. The van der Waals surface area contributed by atoms with Crippen molar-refractivity contribution in [1.82, 2.24) is 5.32 Å². The van der Waals surface area contributed by atoms with Crippen molar-refractivity contribution in [2.75, 3.05) is 33.7 Å². The molecule has 0 aromatic rings. The van der Waals surface area contributed by atoms with Crippen LogP contribution < -0.4 is 5.32 Å². The number of hydrogen-bond donors (Lipinski definition) is 1. The number of rotatable bonds is 16. The molecule has 1 N–H and O–H groups in total. The number of halogens is 1. The van der Waals surface area contributed by atoms with Crippen LogP contribution in [-0.4, -0.2) is 44.1 Å². The van der Waals surface area contributed by atoms with Crippen molar-refractivity contribution in [2.45, 2.75) is 77.6 Å². The predicted octanol–water partition coefficient (Wildman–Crippen LogP) is 5.25. The van der Waals surface area contributed by atoms with E-state index in [0.29, 0.717) is 6.42 Å². The average molecular weight is 406 g/mol. The number of carbonyl (C=O) groups is 1. The summed E-state index contributed by atoms with van der Waals surface area (Å²) in [6.07, 6.45) is 15.0. The normalized spacial score (nSPS) is 11.0. The molecule has 0 radical (unpaired) electrons. The Morgan fingerprint density at radius 3 is 2.21 bits per heavy atom. The van der Waals surface area contributed by atoms with Crippen molar-refractivity contribution in [3.05, 3.63) is 12.7 Å². The molecule has 4 heteroatoms. The van der Waals surface area contributed by atoms with Gasteiger partial charge in [0.25, 0.3) is 0 Å². The van der Waals surface area contributed by atoms with Crippen LogP contribution in [0, 0.1) is 0 Å². The Morgan fingerprint density at radius 1 is 0.958 bits per heavy atom. The Hall–Kier alpha value is -0.350. The van der Waals surface area contributed by atoms with Gasteiger partial charge in [0.15, 0.2) is 0 Å². The van der Waals surface area contributed by atoms with Crippen molar-refractivity contribution in [2.24, 2.45) is 0 Å². The molecule has 24 heavy (non-hydrogen) atoms. The number of likely N-dealkylation sites (N-methyl/N-ethyl adjacent to an activating group) is 1. The fourth-order valence-corrected chi connectivity index (χ4v) is 2.77. The molecule has 0 aromatic heterocycles. The molecule has 0 aliphatic rings. The first kappa shape index (κ1) is 25.9. The largest absolute Gasteiger partial charge is 0.350 e. The van der Waals surface area contributed by atoms with E-state index in [1.807, 2.05) is 6.08 Å². The van der Waals surface area contributed by atoms with Crippen LogP contribution in [0.1, 0.15) is 77.6 Å². The number of amides is 1. The van der Waals surface area contributed by atoms with Crippen molar-refractivity contribution < 1.29 is 9.28 Å². The van der Waals surface area contributed by atoms with Gasteiger partial charge in [-0.2, -0.15) is 0 Å². The smallest absolute Gasteiger partial charge is 0.220 e. The fraction of sp³-hybridized carbons (Fsp3) is 0.850.